The summed E-state index contributed by atoms with van der Waals surface area (Å²) in [6.07, 6.45) is 1.96. The Balaban J connectivity index is 0. The van der Waals surface area contributed by atoms with E-state index in [1.54, 1.807) is 12.1 Å². The number of para-hydroxylation sites is 1. The van der Waals surface area contributed by atoms with Gasteiger partial charge in [0, 0.05) is 26.6 Å². The first kappa shape index (κ1) is 22.2. The molecular formula is C14H24Cl2FN3O. The fraction of sp³-hybridized carbons (Fsp3) is 0.500. The van der Waals surface area contributed by atoms with Crippen LogP contribution in [0.1, 0.15) is 19.3 Å². The summed E-state index contributed by atoms with van der Waals surface area (Å²) in [7, 11) is 1.84. The van der Waals surface area contributed by atoms with Crippen molar-refractivity contribution in [2.45, 2.75) is 19.3 Å². The number of amides is 1. The lowest BCUT2D eigenvalue weighted by atomic mass is 10.2. The number of halogens is 3. The van der Waals surface area contributed by atoms with Crippen molar-refractivity contribution in [2.24, 2.45) is 5.73 Å². The minimum atomic E-state index is -0.225. The minimum absolute atomic E-state index is 0. The van der Waals surface area contributed by atoms with Gasteiger partial charge in [-0.1, -0.05) is 12.1 Å². The fourth-order valence-electron chi connectivity index (χ4n) is 1.78. The predicted octanol–water partition coefficient (Wildman–Crippen LogP) is 2.35. The number of carbonyl (C=O) groups is 1. The Bertz CT molecular complexity index is 408. The number of anilines is 1. The molecule has 3 N–H and O–H groups in total. The Morgan fingerprint density at radius 2 is 1.95 bits per heavy atom. The number of carbonyl (C=O) groups excluding carboxylic acids is 1. The number of nitrogens with zero attached hydrogens (tertiary/aromatic N) is 1. The first-order valence-electron chi connectivity index (χ1n) is 6.57. The quantitative estimate of drug-likeness (QED) is 0.714. The molecule has 0 aliphatic rings. The van der Waals surface area contributed by atoms with Crippen LogP contribution in [0.2, 0.25) is 0 Å². The van der Waals surface area contributed by atoms with Crippen LogP contribution in [0.25, 0.3) is 0 Å². The van der Waals surface area contributed by atoms with Crippen LogP contribution in [0.3, 0.4) is 0 Å². The highest BCUT2D eigenvalue weighted by Gasteiger charge is 2.06. The Labute approximate surface area is 138 Å². The lowest BCUT2D eigenvalue weighted by Gasteiger charge is -2.19. The van der Waals surface area contributed by atoms with E-state index in [2.05, 4.69) is 5.32 Å². The van der Waals surface area contributed by atoms with Gasteiger partial charge in [0.2, 0.25) is 5.91 Å². The van der Waals surface area contributed by atoms with Crippen molar-refractivity contribution in [1.82, 2.24) is 5.32 Å². The van der Waals surface area contributed by atoms with Gasteiger partial charge < -0.3 is 16.0 Å². The van der Waals surface area contributed by atoms with Gasteiger partial charge in [-0.2, -0.15) is 0 Å². The van der Waals surface area contributed by atoms with E-state index in [0.717, 1.165) is 6.42 Å². The van der Waals surface area contributed by atoms with Gasteiger partial charge in [-0.25, -0.2) is 4.39 Å². The van der Waals surface area contributed by atoms with Gasteiger partial charge >= 0.3 is 0 Å². The standard InChI is InChI=1S/C14H22FN3O.2ClH/c1-18(13-7-3-2-6-12(13)15)11-5-10-17-14(19)8-4-9-16;;/h2-3,6-7H,4-5,8-11,16H2,1H3,(H,17,19);2*1H. The molecule has 21 heavy (non-hydrogen) atoms. The molecule has 7 heteroatoms. The molecule has 4 nitrogen and oxygen atoms in total. The molecule has 0 atom stereocenters. The van der Waals surface area contributed by atoms with Crippen LogP contribution in [0, 0.1) is 5.82 Å². The largest absolute Gasteiger partial charge is 0.372 e. The number of nitrogens with one attached hydrogen (secondary N) is 1. The molecule has 0 saturated carbocycles. The maximum atomic E-state index is 13.5. The fourth-order valence-corrected chi connectivity index (χ4v) is 1.78. The van der Waals surface area contributed by atoms with E-state index < -0.39 is 0 Å². The smallest absolute Gasteiger partial charge is 0.220 e. The molecule has 0 saturated heterocycles. The summed E-state index contributed by atoms with van der Waals surface area (Å²) >= 11 is 0. The van der Waals surface area contributed by atoms with E-state index in [-0.39, 0.29) is 36.5 Å². The SMILES string of the molecule is CN(CCCNC(=O)CCCN)c1ccccc1F.Cl.Cl. The molecule has 122 valence electrons. The molecule has 1 rings (SSSR count). The lowest BCUT2D eigenvalue weighted by molar-refractivity contribution is -0.121. The third-order valence-electron chi connectivity index (χ3n) is 2.86. The summed E-state index contributed by atoms with van der Waals surface area (Å²) in [6, 6.07) is 6.67. The number of benzene rings is 1. The average molecular weight is 340 g/mol. The van der Waals surface area contributed by atoms with Crippen molar-refractivity contribution in [3.8, 4) is 0 Å². The molecule has 0 heterocycles. The molecule has 0 aromatic heterocycles. The van der Waals surface area contributed by atoms with Gasteiger partial charge in [0.05, 0.1) is 5.69 Å². The molecule has 0 fully saturated rings. The summed E-state index contributed by atoms with van der Waals surface area (Å²) in [5.74, 6) is -0.198. The third-order valence-corrected chi connectivity index (χ3v) is 2.86. The van der Waals surface area contributed by atoms with Crippen molar-refractivity contribution in [1.29, 1.82) is 0 Å². The van der Waals surface area contributed by atoms with Gasteiger partial charge in [0.15, 0.2) is 0 Å². The molecule has 1 amide bonds. The molecule has 0 aliphatic heterocycles. The average Bonchev–Trinajstić information content (AvgIpc) is 2.41. The Kier molecular flexibility index (Phi) is 13.4. The van der Waals surface area contributed by atoms with Gasteiger partial charge in [-0.15, -0.1) is 24.8 Å². The van der Waals surface area contributed by atoms with Gasteiger partial charge in [0.1, 0.15) is 5.82 Å². The van der Waals surface area contributed by atoms with Crippen LogP contribution < -0.4 is 16.0 Å². The van der Waals surface area contributed by atoms with Crippen molar-refractivity contribution < 1.29 is 9.18 Å². The highest BCUT2D eigenvalue weighted by atomic mass is 35.5. The molecule has 0 bridgehead atoms. The molecule has 0 radical (unpaired) electrons. The minimum Gasteiger partial charge on any atom is -0.372 e. The molecule has 0 spiro atoms. The van der Waals surface area contributed by atoms with Gasteiger partial charge in [-0.3, -0.25) is 4.79 Å². The maximum absolute atomic E-state index is 13.5. The molecule has 0 unspecified atom stereocenters. The summed E-state index contributed by atoms with van der Waals surface area (Å²) in [4.78, 5) is 13.2. The van der Waals surface area contributed by atoms with E-state index in [0.29, 0.717) is 38.2 Å². The number of hydrogen-bond acceptors (Lipinski definition) is 3. The monoisotopic (exact) mass is 339 g/mol. The van der Waals surface area contributed by atoms with Gasteiger partial charge in [-0.05, 0) is 31.5 Å². The summed E-state index contributed by atoms with van der Waals surface area (Å²) in [5.41, 5.74) is 5.91. The van der Waals surface area contributed by atoms with Crippen molar-refractivity contribution in [3.63, 3.8) is 0 Å². The number of hydrogen-bond donors (Lipinski definition) is 2. The highest BCUT2D eigenvalue weighted by molar-refractivity contribution is 5.85. The van der Waals surface area contributed by atoms with Crippen LogP contribution in [-0.2, 0) is 4.79 Å². The predicted molar refractivity (Wildman–Crippen MR) is 90.1 cm³/mol. The summed E-state index contributed by atoms with van der Waals surface area (Å²) in [5, 5.41) is 2.82. The van der Waals surface area contributed by atoms with E-state index >= 15 is 0 Å². The molecule has 1 aromatic rings. The Morgan fingerprint density at radius 1 is 1.29 bits per heavy atom. The first-order chi connectivity index (χ1) is 9.15. The number of nitrogens with two attached hydrogens (primary N) is 1. The van der Waals surface area contributed by atoms with E-state index in [1.165, 1.54) is 6.07 Å². The topological polar surface area (TPSA) is 58.4 Å². The summed E-state index contributed by atoms with van der Waals surface area (Å²) < 4.78 is 13.5. The van der Waals surface area contributed by atoms with E-state index in [9.17, 15) is 9.18 Å². The molecule has 0 aliphatic carbocycles. The first-order valence-corrected chi connectivity index (χ1v) is 6.57. The van der Waals surface area contributed by atoms with Crippen LogP contribution in [0.4, 0.5) is 10.1 Å². The molecule has 1 aromatic carbocycles. The van der Waals surface area contributed by atoms with E-state index in [4.69, 9.17) is 5.73 Å². The number of rotatable bonds is 8. The van der Waals surface area contributed by atoms with Crippen molar-refractivity contribution in [2.75, 3.05) is 31.6 Å². The Morgan fingerprint density at radius 3 is 2.57 bits per heavy atom. The van der Waals surface area contributed by atoms with Crippen LogP contribution in [0.5, 0.6) is 0 Å². The molecular weight excluding hydrogens is 316 g/mol. The van der Waals surface area contributed by atoms with Crippen LogP contribution in [0.15, 0.2) is 24.3 Å². The zero-order chi connectivity index (χ0) is 14.1. The Hall–Kier alpha value is -1.04. The highest BCUT2D eigenvalue weighted by Crippen LogP contribution is 2.16. The second-order valence-corrected chi connectivity index (χ2v) is 4.47. The zero-order valence-electron chi connectivity index (χ0n) is 12.2. The zero-order valence-corrected chi connectivity index (χ0v) is 13.8. The third kappa shape index (κ3) is 8.75. The second-order valence-electron chi connectivity index (χ2n) is 4.47. The second kappa shape index (κ2) is 12.7. The van der Waals surface area contributed by atoms with Crippen LogP contribution in [-0.4, -0.2) is 32.6 Å². The summed E-state index contributed by atoms with van der Waals surface area (Å²) in [6.45, 7) is 1.82. The normalized spacial score (nSPS) is 9.29. The lowest BCUT2D eigenvalue weighted by Crippen LogP contribution is -2.28. The van der Waals surface area contributed by atoms with E-state index in [1.807, 2.05) is 18.0 Å². The van der Waals surface area contributed by atoms with Crippen molar-refractivity contribution in [3.05, 3.63) is 30.1 Å². The van der Waals surface area contributed by atoms with Crippen molar-refractivity contribution >= 4 is 36.4 Å². The maximum Gasteiger partial charge on any atom is 0.220 e. The van der Waals surface area contributed by atoms with Gasteiger partial charge in [0.25, 0.3) is 0 Å². The van der Waals surface area contributed by atoms with Crippen LogP contribution >= 0.6 is 24.8 Å².